The van der Waals surface area contributed by atoms with Crippen LogP contribution in [0.15, 0.2) is 54.9 Å². The van der Waals surface area contributed by atoms with E-state index in [4.69, 9.17) is 9.47 Å². The van der Waals surface area contributed by atoms with Crippen molar-refractivity contribution in [3.8, 4) is 28.1 Å². The Balaban J connectivity index is 1.32. The molecule has 3 atom stereocenters. The standard InChI is InChI=1S/C49H65N7O7/c1-9-55-42-13-12-33-25-37(42)38(44(55)39-27-50-17-14-34(39)28-62-8)26-49(4,5)29-63-48(61)40-11-10-18-56(52-40)47(60)41(23-31-21-35(33)24-36(57)22-31)51-45(58)43(30(2)3)54(7)46(59)32-15-19-53(6)20-16-32/h12-14,17,21-22,24-25,27,30,32,40-41,43,52,57H,9-11,15-16,18-20,23,26,28-29H2,1-8H3,(H,51,58)/t40-,41-,43-/m0/s1. The largest absolute Gasteiger partial charge is 0.508 e. The molecule has 6 bridgehead atoms. The average Bonchev–Trinajstić information content (AvgIpc) is 3.56. The highest BCUT2D eigenvalue weighted by Crippen LogP contribution is 2.41. The number of carbonyl (C=O) groups excluding carboxylic acids is 4. The lowest BCUT2D eigenvalue weighted by Crippen LogP contribution is -2.62. The Labute approximate surface area is 371 Å². The molecule has 2 fully saturated rings. The van der Waals surface area contributed by atoms with Crippen LogP contribution < -0.4 is 10.7 Å². The van der Waals surface area contributed by atoms with Crippen molar-refractivity contribution < 1.29 is 33.8 Å². The first kappa shape index (κ1) is 45.7. The van der Waals surface area contributed by atoms with Gasteiger partial charge in [0.25, 0.3) is 5.91 Å². The predicted octanol–water partition coefficient (Wildman–Crippen LogP) is 5.72. The Bertz CT molecular complexity index is 2330. The Hall–Kier alpha value is -5.31. The van der Waals surface area contributed by atoms with Crippen molar-refractivity contribution in [2.45, 2.75) is 104 Å². The minimum absolute atomic E-state index is 0.0182. The Morgan fingerprint density at radius 1 is 1.06 bits per heavy atom. The normalized spacial score (nSPS) is 20.6. The summed E-state index contributed by atoms with van der Waals surface area (Å²) >= 11 is 0. The molecule has 3 aliphatic heterocycles. The number of rotatable bonds is 9. The number of pyridine rings is 1. The van der Waals surface area contributed by atoms with E-state index in [1.807, 2.05) is 45.3 Å². The van der Waals surface area contributed by atoms with Gasteiger partial charge in [0.2, 0.25) is 11.8 Å². The highest BCUT2D eigenvalue weighted by atomic mass is 16.5. The summed E-state index contributed by atoms with van der Waals surface area (Å²) in [5.74, 6) is -1.83. The fraction of sp³-hybridized carbons (Fsp3) is 0.531. The third-order valence-electron chi connectivity index (χ3n) is 13.0. The SMILES string of the molecule is CCn1c(-c2cnccc2COC)c2c3cc(ccc31)-c1cc(O)cc(c1)C[C@H](NC(=O)[C@H](C(C)C)N(C)C(=O)C1CCN(C)CC1)C(=O)N1CCC[C@H](N1)C(=O)OCC(C)(C)C2. The van der Waals surface area contributed by atoms with Crippen molar-refractivity contribution in [3.05, 3.63) is 71.5 Å². The number of cyclic esters (lactones) is 1. The van der Waals surface area contributed by atoms with Gasteiger partial charge in [0.15, 0.2) is 0 Å². The van der Waals surface area contributed by atoms with Gasteiger partial charge in [0.05, 0.1) is 18.9 Å². The lowest BCUT2D eigenvalue weighted by atomic mass is 9.84. The second-order valence-electron chi connectivity index (χ2n) is 18.9. The molecule has 4 aromatic rings. The second-order valence-corrected chi connectivity index (χ2v) is 18.9. The van der Waals surface area contributed by atoms with Crippen LogP contribution in [0, 0.1) is 17.3 Å². The van der Waals surface area contributed by atoms with E-state index in [1.165, 1.54) is 5.01 Å². The van der Waals surface area contributed by atoms with Crippen LogP contribution in [0.2, 0.25) is 0 Å². The highest BCUT2D eigenvalue weighted by Gasteiger charge is 2.39. The zero-order chi connectivity index (χ0) is 45.2. The van der Waals surface area contributed by atoms with Gasteiger partial charge in [-0.15, -0.1) is 0 Å². The molecule has 0 saturated carbocycles. The van der Waals surface area contributed by atoms with Gasteiger partial charge in [-0.1, -0.05) is 39.8 Å². The number of hydrogen-bond donors (Lipinski definition) is 3. The molecule has 14 nitrogen and oxygen atoms in total. The van der Waals surface area contributed by atoms with Gasteiger partial charge in [-0.05, 0) is 123 Å². The third-order valence-corrected chi connectivity index (χ3v) is 13.0. The van der Waals surface area contributed by atoms with Crippen LogP contribution in [0.25, 0.3) is 33.3 Å². The van der Waals surface area contributed by atoms with Crippen molar-refractivity contribution in [2.75, 3.05) is 47.4 Å². The van der Waals surface area contributed by atoms with Gasteiger partial charge >= 0.3 is 5.97 Å². The predicted molar refractivity (Wildman–Crippen MR) is 242 cm³/mol. The number of fused-ring (bicyclic) bond motifs is 6. The molecule has 0 unspecified atom stereocenters. The number of carbonyl (C=O) groups is 4. The molecular formula is C49H65N7O7. The third kappa shape index (κ3) is 9.93. The van der Waals surface area contributed by atoms with Crippen LogP contribution in [0.3, 0.4) is 0 Å². The minimum atomic E-state index is -1.10. The first-order valence-electron chi connectivity index (χ1n) is 22.5. The molecule has 2 aromatic carbocycles. The molecule has 0 spiro atoms. The van der Waals surface area contributed by atoms with Gasteiger partial charge in [-0.2, -0.15) is 0 Å². The Morgan fingerprint density at radius 3 is 2.54 bits per heavy atom. The Kier molecular flexibility index (Phi) is 13.9. The summed E-state index contributed by atoms with van der Waals surface area (Å²) in [6.07, 6.45) is 6.70. The number of piperidine rings is 1. The molecule has 5 heterocycles. The smallest absolute Gasteiger partial charge is 0.324 e. The lowest BCUT2D eigenvalue weighted by molar-refractivity contribution is -0.155. The van der Waals surface area contributed by atoms with E-state index in [0.717, 1.165) is 57.5 Å². The summed E-state index contributed by atoms with van der Waals surface area (Å²) in [6.45, 7) is 13.2. The van der Waals surface area contributed by atoms with Crippen LogP contribution >= 0.6 is 0 Å². The number of hydrogen-bond acceptors (Lipinski definition) is 10. The molecule has 14 heteroatoms. The summed E-state index contributed by atoms with van der Waals surface area (Å²) < 4.78 is 14.0. The number of methoxy groups -OCH3 is 1. The molecule has 0 radical (unpaired) electrons. The quantitative estimate of drug-likeness (QED) is 0.178. The minimum Gasteiger partial charge on any atom is -0.508 e. The van der Waals surface area contributed by atoms with Gasteiger partial charge in [0.1, 0.15) is 23.9 Å². The monoisotopic (exact) mass is 863 g/mol. The Morgan fingerprint density at radius 2 is 1.83 bits per heavy atom. The molecule has 3 amide bonds. The van der Waals surface area contributed by atoms with Gasteiger partial charge in [0, 0.05) is 73.9 Å². The number of aryl methyl sites for hydroxylation is 1. The average molecular weight is 864 g/mol. The maximum atomic E-state index is 14.7. The van der Waals surface area contributed by atoms with Crippen LogP contribution in [-0.2, 0) is 54.6 Å². The maximum absolute atomic E-state index is 14.7. The molecule has 2 saturated heterocycles. The number of ether oxygens (including phenoxy) is 2. The van der Waals surface area contributed by atoms with Crippen molar-refractivity contribution in [2.24, 2.45) is 17.3 Å². The molecule has 3 N–H and O–H groups in total. The van der Waals surface area contributed by atoms with E-state index in [-0.39, 0.29) is 36.5 Å². The number of nitrogens with one attached hydrogen (secondary N) is 2. The summed E-state index contributed by atoms with van der Waals surface area (Å²) in [6, 6.07) is 10.8. The first-order valence-corrected chi connectivity index (χ1v) is 22.5. The molecule has 2 aromatic heterocycles. The number of nitrogens with zero attached hydrogens (tertiary/aromatic N) is 5. The number of aromatic nitrogens is 2. The van der Waals surface area contributed by atoms with Crippen molar-refractivity contribution in [3.63, 3.8) is 0 Å². The van der Waals surface area contributed by atoms with Crippen LogP contribution in [0.4, 0.5) is 0 Å². The molecule has 0 aliphatic carbocycles. The summed E-state index contributed by atoms with van der Waals surface area (Å²) in [5.41, 5.74) is 9.95. The number of likely N-dealkylation sites (N-methyl/N-ethyl adjacent to an activating group) is 1. The van der Waals surface area contributed by atoms with Crippen LogP contribution in [0.5, 0.6) is 5.75 Å². The number of aromatic hydroxyl groups is 1. The number of benzene rings is 2. The molecule has 338 valence electrons. The van der Waals surface area contributed by atoms with Gasteiger partial charge < -0.3 is 34.3 Å². The number of likely N-dealkylation sites (tertiary alicyclic amines) is 1. The topological polar surface area (TPSA) is 159 Å². The van der Waals surface area contributed by atoms with Gasteiger partial charge in [-0.3, -0.25) is 29.2 Å². The summed E-state index contributed by atoms with van der Waals surface area (Å²) in [4.78, 5) is 65.1. The number of phenols is 1. The zero-order valence-electron chi connectivity index (χ0n) is 38.2. The number of hydrazine groups is 1. The fourth-order valence-corrected chi connectivity index (χ4v) is 9.79. The van der Waals surface area contributed by atoms with Gasteiger partial charge in [-0.25, -0.2) is 5.43 Å². The number of amides is 3. The van der Waals surface area contributed by atoms with Crippen molar-refractivity contribution in [1.29, 1.82) is 0 Å². The maximum Gasteiger partial charge on any atom is 0.324 e. The molecule has 7 rings (SSSR count). The highest BCUT2D eigenvalue weighted by molar-refractivity contribution is 5.96. The summed E-state index contributed by atoms with van der Waals surface area (Å²) in [5, 5.41) is 16.8. The van der Waals surface area contributed by atoms with E-state index in [2.05, 4.69) is 58.1 Å². The fourth-order valence-electron chi connectivity index (χ4n) is 9.79. The number of esters is 1. The van der Waals surface area contributed by atoms with E-state index >= 15 is 0 Å². The van der Waals surface area contributed by atoms with Crippen LogP contribution in [-0.4, -0.2) is 119 Å². The van der Waals surface area contributed by atoms with Crippen molar-refractivity contribution in [1.82, 2.24) is 35.1 Å². The molecule has 3 aliphatic rings. The van der Waals surface area contributed by atoms with E-state index in [9.17, 15) is 24.3 Å². The first-order chi connectivity index (χ1) is 30.1. The summed E-state index contributed by atoms with van der Waals surface area (Å²) in [7, 11) is 5.40. The van der Waals surface area contributed by atoms with E-state index in [1.54, 1.807) is 37.4 Å². The lowest BCUT2D eigenvalue weighted by Gasteiger charge is -2.38. The molecule has 63 heavy (non-hydrogen) atoms. The zero-order valence-corrected chi connectivity index (χ0v) is 38.2. The molecular weight excluding hydrogens is 799 g/mol. The van der Waals surface area contributed by atoms with Crippen LogP contribution in [0.1, 0.15) is 77.0 Å². The van der Waals surface area contributed by atoms with Crippen molar-refractivity contribution >= 4 is 34.6 Å². The van der Waals surface area contributed by atoms with E-state index < -0.39 is 41.3 Å². The second kappa shape index (κ2) is 19.2. The van der Waals surface area contributed by atoms with E-state index in [0.29, 0.717) is 57.4 Å². The number of phenolic OH excluding ortho intramolecular Hbond substituents is 1.